The lowest BCUT2D eigenvalue weighted by Gasteiger charge is -2.48. The molecular formula is C19H28N4O2S. The van der Waals surface area contributed by atoms with E-state index in [1.165, 1.54) is 6.42 Å². The average molecular weight is 377 g/mol. The number of likely N-dealkylation sites (tertiary alicyclic amines) is 2. The molecule has 0 unspecified atom stereocenters. The monoisotopic (exact) mass is 376 g/mol. The Bertz CT molecular complexity index is 653. The Balaban J connectivity index is 1.62. The number of amides is 3. The van der Waals surface area contributed by atoms with Crippen LogP contribution >= 0.6 is 11.8 Å². The van der Waals surface area contributed by atoms with E-state index in [9.17, 15) is 9.59 Å². The van der Waals surface area contributed by atoms with E-state index in [0.29, 0.717) is 25.9 Å². The standard InChI is InChI=1S/C19H28N4O2S/c1-26-16-7-5-6-15(14-16)21-18(25)22-12-8-19(9-13-22,17(20)24)23-10-3-2-4-11-23/h5-7,14H,2-4,8-13H2,1H3,(H2,20,24)(H,21,25). The number of benzene rings is 1. The molecule has 0 saturated carbocycles. The van der Waals surface area contributed by atoms with Gasteiger partial charge in [-0.25, -0.2) is 4.79 Å². The fraction of sp³-hybridized carbons (Fsp3) is 0.579. The Kier molecular flexibility index (Phi) is 6.09. The third kappa shape index (κ3) is 3.99. The lowest BCUT2D eigenvalue weighted by atomic mass is 9.83. The second-order valence-corrected chi connectivity index (χ2v) is 7.97. The van der Waals surface area contributed by atoms with Crippen LogP contribution in [0, 0.1) is 0 Å². The second kappa shape index (κ2) is 8.31. The van der Waals surface area contributed by atoms with Crippen molar-refractivity contribution < 1.29 is 9.59 Å². The largest absolute Gasteiger partial charge is 0.368 e. The normalized spacial score (nSPS) is 20.6. The van der Waals surface area contributed by atoms with Crippen molar-refractivity contribution in [3.8, 4) is 0 Å². The van der Waals surface area contributed by atoms with Crippen LogP contribution in [0.3, 0.4) is 0 Å². The van der Waals surface area contributed by atoms with Gasteiger partial charge in [-0.15, -0.1) is 11.8 Å². The predicted molar refractivity (Wildman–Crippen MR) is 105 cm³/mol. The van der Waals surface area contributed by atoms with Crippen molar-refractivity contribution >= 4 is 29.4 Å². The van der Waals surface area contributed by atoms with Crippen LogP contribution in [0.2, 0.25) is 0 Å². The Hall–Kier alpha value is -1.73. The first kappa shape index (κ1) is 19.0. The summed E-state index contributed by atoms with van der Waals surface area (Å²) >= 11 is 1.64. The number of rotatable bonds is 4. The minimum absolute atomic E-state index is 0.111. The topological polar surface area (TPSA) is 78.7 Å². The fourth-order valence-corrected chi connectivity index (χ4v) is 4.48. The van der Waals surface area contributed by atoms with E-state index in [-0.39, 0.29) is 11.9 Å². The number of urea groups is 1. The molecule has 6 nitrogen and oxygen atoms in total. The van der Waals surface area contributed by atoms with Crippen molar-refractivity contribution in [1.82, 2.24) is 9.80 Å². The van der Waals surface area contributed by atoms with Crippen molar-refractivity contribution in [2.45, 2.75) is 42.5 Å². The number of carbonyl (C=O) groups is 2. The van der Waals surface area contributed by atoms with Crippen LogP contribution in [0.4, 0.5) is 10.5 Å². The molecule has 1 aromatic rings. The van der Waals surface area contributed by atoms with Crippen molar-refractivity contribution in [3.05, 3.63) is 24.3 Å². The summed E-state index contributed by atoms with van der Waals surface area (Å²) in [5.74, 6) is -0.243. The lowest BCUT2D eigenvalue weighted by molar-refractivity contribution is -0.134. The predicted octanol–water partition coefficient (Wildman–Crippen LogP) is 2.75. The van der Waals surface area contributed by atoms with Gasteiger partial charge in [-0.05, 0) is 63.2 Å². The Morgan fingerprint density at radius 3 is 2.42 bits per heavy atom. The van der Waals surface area contributed by atoms with E-state index in [0.717, 1.165) is 36.5 Å². The summed E-state index contributed by atoms with van der Waals surface area (Å²) in [5.41, 5.74) is 6.02. The van der Waals surface area contributed by atoms with Crippen LogP contribution in [0.1, 0.15) is 32.1 Å². The first-order chi connectivity index (χ1) is 12.5. The summed E-state index contributed by atoms with van der Waals surface area (Å²) in [6.45, 7) is 2.95. The summed E-state index contributed by atoms with van der Waals surface area (Å²) in [7, 11) is 0. The van der Waals surface area contributed by atoms with Crippen LogP contribution < -0.4 is 11.1 Å². The maximum atomic E-state index is 12.6. The van der Waals surface area contributed by atoms with Crippen molar-refractivity contribution in [2.24, 2.45) is 5.73 Å². The number of nitrogens with two attached hydrogens (primary N) is 1. The molecule has 3 rings (SSSR count). The molecule has 0 bridgehead atoms. The SMILES string of the molecule is CSc1cccc(NC(=O)N2CCC(C(N)=O)(N3CCCCC3)CC2)c1. The smallest absolute Gasteiger partial charge is 0.321 e. The first-order valence-electron chi connectivity index (χ1n) is 9.30. The number of primary amides is 1. The molecule has 7 heteroatoms. The van der Waals surface area contributed by atoms with E-state index >= 15 is 0 Å². The molecule has 3 N–H and O–H groups in total. The van der Waals surface area contributed by atoms with Crippen molar-refractivity contribution in [1.29, 1.82) is 0 Å². The number of hydrogen-bond acceptors (Lipinski definition) is 4. The van der Waals surface area contributed by atoms with Gasteiger partial charge in [0.2, 0.25) is 5.91 Å². The van der Waals surface area contributed by atoms with E-state index in [2.05, 4.69) is 10.2 Å². The fourth-order valence-electron chi connectivity index (χ4n) is 4.02. The summed E-state index contributed by atoms with van der Waals surface area (Å²) in [4.78, 5) is 30.0. The summed E-state index contributed by atoms with van der Waals surface area (Å²) in [5, 5.41) is 2.97. The molecule has 2 aliphatic heterocycles. The zero-order valence-electron chi connectivity index (χ0n) is 15.4. The van der Waals surface area contributed by atoms with E-state index in [1.54, 1.807) is 16.7 Å². The van der Waals surface area contributed by atoms with Crippen molar-refractivity contribution in [2.75, 3.05) is 37.8 Å². The van der Waals surface area contributed by atoms with E-state index in [4.69, 9.17) is 5.73 Å². The summed E-state index contributed by atoms with van der Waals surface area (Å²) in [6, 6.07) is 7.70. The van der Waals surface area contributed by atoms with Crippen molar-refractivity contribution in [3.63, 3.8) is 0 Å². The highest BCUT2D eigenvalue weighted by Crippen LogP contribution is 2.32. The van der Waals surface area contributed by atoms with Gasteiger partial charge in [-0.2, -0.15) is 0 Å². The molecule has 3 amide bonds. The average Bonchev–Trinajstić information content (AvgIpc) is 2.68. The van der Waals surface area contributed by atoms with Gasteiger partial charge in [0.15, 0.2) is 0 Å². The number of carbonyl (C=O) groups excluding carboxylic acids is 2. The van der Waals surface area contributed by atoms with E-state index < -0.39 is 5.54 Å². The van der Waals surface area contributed by atoms with Gasteiger partial charge in [0.1, 0.15) is 5.54 Å². The molecule has 26 heavy (non-hydrogen) atoms. The number of nitrogens with one attached hydrogen (secondary N) is 1. The molecule has 2 fully saturated rings. The molecule has 0 aromatic heterocycles. The van der Waals surface area contributed by atoms with Crippen LogP contribution in [0.5, 0.6) is 0 Å². The second-order valence-electron chi connectivity index (χ2n) is 7.09. The van der Waals surface area contributed by atoms with Crippen LogP contribution in [-0.2, 0) is 4.79 Å². The molecule has 1 aromatic carbocycles. The third-order valence-electron chi connectivity index (χ3n) is 5.62. The van der Waals surface area contributed by atoms with Gasteiger partial charge in [-0.3, -0.25) is 9.69 Å². The molecule has 142 valence electrons. The van der Waals surface area contributed by atoms with Gasteiger partial charge in [0.25, 0.3) is 0 Å². The van der Waals surface area contributed by atoms with Gasteiger partial charge in [0, 0.05) is 23.7 Å². The molecule has 0 atom stereocenters. The zero-order valence-corrected chi connectivity index (χ0v) is 16.2. The zero-order chi connectivity index (χ0) is 18.6. The molecular weight excluding hydrogens is 348 g/mol. The van der Waals surface area contributed by atoms with Crippen LogP contribution in [0.15, 0.2) is 29.2 Å². The Morgan fingerprint density at radius 1 is 1.12 bits per heavy atom. The maximum Gasteiger partial charge on any atom is 0.321 e. The highest BCUT2D eigenvalue weighted by atomic mass is 32.2. The Morgan fingerprint density at radius 2 is 1.81 bits per heavy atom. The number of thioether (sulfide) groups is 1. The number of nitrogens with zero attached hydrogens (tertiary/aromatic N) is 2. The van der Waals surface area contributed by atoms with Gasteiger partial charge in [-0.1, -0.05) is 12.5 Å². The van der Waals surface area contributed by atoms with Crippen LogP contribution in [-0.4, -0.2) is 59.7 Å². The van der Waals surface area contributed by atoms with Gasteiger partial charge >= 0.3 is 6.03 Å². The maximum absolute atomic E-state index is 12.6. The number of piperidine rings is 2. The molecule has 0 spiro atoms. The lowest BCUT2D eigenvalue weighted by Crippen LogP contribution is -2.64. The number of anilines is 1. The van der Waals surface area contributed by atoms with Crippen LogP contribution in [0.25, 0.3) is 0 Å². The summed E-state index contributed by atoms with van der Waals surface area (Å²) in [6.07, 6.45) is 6.68. The molecule has 2 aliphatic rings. The highest BCUT2D eigenvalue weighted by molar-refractivity contribution is 7.98. The molecule has 0 radical (unpaired) electrons. The number of hydrogen-bond donors (Lipinski definition) is 2. The minimum atomic E-state index is -0.587. The van der Waals surface area contributed by atoms with Gasteiger partial charge < -0.3 is 16.0 Å². The Labute approximate surface area is 159 Å². The first-order valence-corrected chi connectivity index (χ1v) is 10.5. The summed E-state index contributed by atoms with van der Waals surface area (Å²) < 4.78 is 0. The minimum Gasteiger partial charge on any atom is -0.368 e. The molecule has 2 saturated heterocycles. The molecule has 2 heterocycles. The van der Waals surface area contributed by atoms with Gasteiger partial charge in [0.05, 0.1) is 0 Å². The molecule has 0 aliphatic carbocycles. The van der Waals surface area contributed by atoms with E-state index in [1.807, 2.05) is 30.5 Å². The highest BCUT2D eigenvalue weighted by Gasteiger charge is 2.45. The quantitative estimate of drug-likeness (QED) is 0.792. The third-order valence-corrected chi connectivity index (χ3v) is 6.34.